The zero-order valence-corrected chi connectivity index (χ0v) is 13.3. The van der Waals surface area contributed by atoms with E-state index in [1.165, 1.54) is 0 Å². The normalized spacial score (nSPS) is 11.6. The Kier molecular flexibility index (Phi) is 8.78. The Bertz CT molecular complexity index is 301. The fourth-order valence-corrected chi connectivity index (χ4v) is 1.35. The molecule has 0 heterocycles. The number of rotatable bonds is 3. The number of hydrogen-bond acceptors (Lipinski definition) is 3. The Morgan fingerprint density at radius 3 is 2.06 bits per heavy atom. The number of carbonyl (C=O) groups is 1. The van der Waals surface area contributed by atoms with Gasteiger partial charge in [-0.2, -0.15) is 0 Å². The van der Waals surface area contributed by atoms with Crippen molar-refractivity contribution in [3.63, 3.8) is 0 Å². The number of benzene rings is 1. The molecule has 1 atom stereocenters. The third kappa shape index (κ3) is 9.06. The van der Waals surface area contributed by atoms with Crippen LogP contribution in [0.3, 0.4) is 0 Å². The summed E-state index contributed by atoms with van der Waals surface area (Å²) >= 11 is 0.364. The molecule has 5 heteroatoms. The van der Waals surface area contributed by atoms with Gasteiger partial charge < -0.3 is 10.2 Å². The molecule has 3 nitrogen and oxygen atoms in total. The summed E-state index contributed by atoms with van der Waals surface area (Å²) in [6.45, 7) is 0. The molecule has 2 N–H and O–H groups in total. The second-order valence-corrected chi connectivity index (χ2v) is 13.3. The zero-order valence-electron chi connectivity index (χ0n) is 9.68. The fraction of sp³-hybridized carbons (Fsp3) is 0.364. The van der Waals surface area contributed by atoms with Gasteiger partial charge >= 0.3 is 40.5 Å². The molecule has 1 aromatic rings. The van der Waals surface area contributed by atoms with Crippen LogP contribution in [0.2, 0.25) is 14.8 Å². The summed E-state index contributed by atoms with van der Waals surface area (Å²) in [5, 5.41) is 17.3. The van der Waals surface area contributed by atoms with E-state index in [9.17, 15) is 4.79 Å². The molecule has 0 saturated heterocycles. The number of carboxylic acids is 1. The maximum absolute atomic E-state index is 10.2. The van der Waals surface area contributed by atoms with Gasteiger partial charge in [-0.25, -0.2) is 4.79 Å². The Hall–Kier alpha value is -0.201. The van der Waals surface area contributed by atoms with Gasteiger partial charge in [0.25, 0.3) is 0 Å². The molecule has 1 rings (SSSR count). The molecule has 0 amide bonds. The number of aliphatic carboxylic acids is 1. The Labute approximate surface area is 108 Å². The number of aliphatic hydroxyl groups is 1. The topological polar surface area (TPSA) is 57.5 Å². The molecule has 0 bridgehead atoms. The minimum absolute atomic E-state index is 0.543. The van der Waals surface area contributed by atoms with E-state index >= 15 is 0 Å². The van der Waals surface area contributed by atoms with E-state index in [1.54, 1.807) is 24.3 Å². The standard InChI is InChI=1S/C8H8O3S.3CH3.Sn/c9-7(10)8(11)12-6-4-2-1-3-5-6;;;;/h1-5,8,11H,(H,9,10);3*1H3;. The summed E-state index contributed by atoms with van der Waals surface area (Å²) in [5.74, 6) is -1.22. The third-order valence-corrected chi connectivity index (χ3v) is 2.17. The fourth-order valence-electron chi connectivity index (χ4n) is 0.678. The summed E-state index contributed by atoms with van der Waals surface area (Å²) in [6.07, 6.45) is 0. The first-order valence-electron chi connectivity index (χ1n) is 4.83. The molecule has 16 heavy (non-hydrogen) atoms. The van der Waals surface area contributed by atoms with E-state index in [4.69, 9.17) is 10.2 Å². The van der Waals surface area contributed by atoms with Crippen LogP contribution in [0, 0.1) is 0 Å². The summed E-state index contributed by atoms with van der Waals surface area (Å²) in [5.41, 5.74) is -1.38. The monoisotopic (exact) mass is 349 g/mol. The van der Waals surface area contributed by atoms with E-state index in [-0.39, 0.29) is 0 Å². The van der Waals surface area contributed by atoms with E-state index in [0.717, 1.165) is 16.7 Å². The van der Waals surface area contributed by atoms with Gasteiger partial charge in [0.2, 0.25) is 5.44 Å². The van der Waals surface area contributed by atoms with E-state index in [2.05, 4.69) is 14.8 Å². The van der Waals surface area contributed by atoms with Crippen molar-refractivity contribution >= 4 is 37.5 Å². The van der Waals surface area contributed by atoms with Gasteiger partial charge in [-0.15, -0.1) is 0 Å². The molecule has 0 aliphatic rings. The molecule has 0 aromatic heterocycles. The first-order chi connectivity index (χ1) is 7.43. The van der Waals surface area contributed by atoms with Crippen LogP contribution < -0.4 is 0 Å². The summed E-state index contributed by atoms with van der Waals surface area (Å²) in [6, 6.07) is 8.90. The number of thioether (sulfide) groups is 1. The van der Waals surface area contributed by atoms with Crippen LogP contribution in [0.4, 0.5) is 0 Å². The van der Waals surface area contributed by atoms with Crippen molar-refractivity contribution < 1.29 is 15.0 Å². The second-order valence-electron chi connectivity index (χ2n) is 3.62. The van der Waals surface area contributed by atoms with Crippen LogP contribution in [-0.2, 0) is 4.79 Å². The van der Waals surface area contributed by atoms with Crippen molar-refractivity contribution in [2.24, 2.45) is 0 Å². The average Bonchev–Trinajstić information content (AvgIpc) is 2.18. The molecule has 0 aliphatic carbocycles. The first-order valence-corrected chi connectivity index (χ1v) is 14.3. The number of hydrogen-bond donors (Lipinski definition) is 2. The van der Waals surface area contributed by atoms with Gasteiger partial charge in [-0.05, 0) is 12.1 Å². The summed E-state index contributed by atoms with van der Waals surface area (Å²) in [7, 11) is 0. The van der Waals surface area contributed by atoms with Crippen LogP contribution in [0.25, 0.3) is 0 Å². The molecular weight excluding hydrogens is 331 g/mol. The van der Waals surface area contributed by atoms with Crippen molar-refractivity contribution in [2.75, 3.05) is 0 Å². The molecule has 1 radical (unpaired) electrons. The molecule has 0 fully saturated rings. The molecule has 1 unspecified atom stereocenters. The van der Waals surface area contributed by atoms with Crippen LogP contribution in [0.5, 0.6) is 0 Å². The Morgan fingerprint density at radius 1 is 1.25 bits per heavy atom. The number of carboxylic acid groups (broad SMARTS) is 1. The van der Waals surface area contributed by atoms with Crippen molar-refractivity contribution in [1.29, 1.82) is 0 Å². The van der Waals surface area contributed by atoms with Crippen molar-refractivity contribution in [2.45, 2.75) is 25.2 Å². The van der Waals surface area contributed by atoms with Crippen LogP contribution in [0.1, 0.15) is 0 Å². The molecule has 89 valence electrons. The third-order valence-electron chi connectivity index (χ3n) is 1.20. The van der Waals surface area contributed by atoms with Crippen molar-refractivity contribution in [3.05, 3.63) is 30.3 Å². The molecular formula is C11H17O3SSn. The average molecular weight is 348 g/mol. The molecule has 0 saturated carbocycles. The van der Waals surface area contributed by atoms with Crippen LogP contribution >= 0.6 is 11.8 Å². The van der Waals surface area contributed by atoms with E-state index in [0.29, 0.717) is 0 Å². The van der Waals surface area contributed by atoms with Crippen LogP contribution in [0.15, 0.2) is 35.2 Å². The quantitative estimate of drug-likeness (QED) is 0.501. The van der Waals surface area contributed by atoms with Gasteiger partial charge in [0.1, 0.15) is 0 Å². The van der Waals surface area contributed by atoms with Crippen LogP contribution in [-0.4, -0.2) is 41.4 Å². The van der Waals surface area contributed by atoms with Gasteiger partial charge in [-0.1, -0.05) is 30.0 Å². The van der Waals surface area contributed by atoms with Crippen molar-refractivity contribution in [3.8, 4) is 0 Å². The van der Waals surface area contributed by atoms with Gasteiger partial charge in [0, 0.05) is 4.90 Å². The Balaban J connectivity index is 0.000000487. The number of aliphatic hydroxyl groups excluding tert-OH is 1. The maximum atomic E-state index is 10.2. The van der Waals surface area contributed by atoms with E-state index in [1.807, 2.05) is 6.07 Å². The molecule has 0 spiro atoms. The van der Waals surface area contributed by atoms with Gasteiger partial charge in [0.15, 0.2) is 0 Å². The predicted molar refractivity (Wildman–Crippen MR) is 69.3 cm³/mol. The Morgan fingerprint density at radius 2 is 1.69 bits per heavy atom. The zero-order chi connectivity index (χ0) is 12.6. The minimum atomic E-state index is -1.38. The van der Waals surface area contributed by atoms with Gasteiger partial charge in [-0.3, -0.25) is 0 Å². The van der Waals surface area contributed by atoms with E-state index < -0.39 is 31.2 Å². The first kappa shape index (κ1) is 15.8. The van der Waals surface area contributed by atoms with Gasteiger partial charge in [0.05, 0.1) is 0 Å². The summed E-state index contributed by atoms with van der Waals surface area (Å²) in [4.78, 5) is 18.1. The molecule has 0 aliphatic heterocycles. The van der Waals surface area contributed by atoms with Crippen molar-refractivity contribution in [1.82, 2.24) is 0 Å². The predicted octanol–water partition coefficient (Wildman–Crippen LogP) is 2.55. The molecule has 1 aromatic carbocycles. The SMILES string of the molecule is O=C(O)C(O)Sc1ccccc1.[CH3][Sn]([CH3])[CH3]. The summed E-state index contributed by atoms with van der Waals surface area (Å²) < 4.78 is 0. The second kappa shape index (κ2) is 8.89.